The number of nitrogens with zero attached hydrogens (tertiary/aromatic N) is 2. The zero-order valence-electron chi connectivity index (χ0n) is 23.8. The third-order valence-corrected chi connectivity index (χ3v) is 7.51. The highest BCUT2D eigenvalue weighted by atomic mass is 19.1. The van der Waals surface area contributed by atoms with Crippen LogP contribution in [0.3, 0.4) is 0 Å². The minimum absolute atomic E-state index is 0.0500. The molecule has 0 fully saturated rings. The highest BCUT2D eigenvalue weighted by Crippen LogP contribution is 2.41. The molecule has 5 aromatic rings. The molecule has 0 amide bonds. The van der Waals surface area contributed by atoms with E-state index in [-0.39, 0.29) is 58.2 Å². The van der Waals surface area contributed by atoms with Gasteiger partial charge in [-0.1, -0.05) is 13.8 Å². The lowest BCUT2D eigenvalue weighted by molar-refractivity contribution is 0.0966. The number of aryl methyl sites for hydroxylation is 1. The summed E-state index contributed by atoms with van der Waals surface area (Å²) >= 11 is 0. The van der Waals surface area contributed by atoms with Crippen LogP contribution in [0.4, 0.5) is 8.78 Å². The number of carbonyl (C=O) groups is 2. The molecule has 0 aliphatic carbocycles. The second kappa shape index (κ2) is 12.0. The van der Waals surface area contributed by atoms with E-state index in [9.17, 15) is 14.0 Å². The van der Waals surface area contributed by atoms with Crippen molar-refractivity contribution in [2.75, 3.05) is 7.11 Å². The van der Waals surface area contributed by atoms with Crippen molar-refractivity contribution in [3.8, 4) is 28.2 Å². The van der Waals surface area contributed by atoms with Gasteiger partial charge in [0.25, 0.3) is 0 Å². The maximum absolute atomic E-state index is 16.5. The van der Waals surface area contributed by atoms with Gasteiger partial charge in [-0.2, -0.15) is 0 Å². The molecule has 0 aliphatic heterocycles. The maximum atomic E-state index is 16.5. The third-order valence-electron chi connectivity index (χ3n) is 7.51. The number of rotatable bonds is 10. The van der Waals surface area contributed by atoms with Gasteiger partial charge in [-0.25, -0.2) is 18.7 Å². The first kappa shape index (κ1) is 28.8. The van der Waals surface area contributed by atoms with Crippen LogP contribution in [0.15, 0.2) is 71.4 Å². The van der Waals surface area contributed by atoms with Crippen LogP contribution in [0, 0.1) is 18.6 Å². The summed E-state index contributed by atoms with van der Waals surface area (Å²) in [7, 11) is 1.49. The maximum Gasteiger partial charge on any atom is 0.167 e. The minimum Gasteiger partial charge on any atom is -0.496 e. The number of Topliss-reactive ketones (excluding diaryl/α,β-unsaturated/α-hetero) is 2. The number of ether oxygens (including phenoxy) is 1. The van der Waals surface area contributed by atoms with Gasteiger partial charge in [0.15, 0.2) is 11.6 Å². The SMILES string of the molecule is CCC(=O)c1c(-c2ccc(F)cc2)oc2ccc(-c3cc(C(=O)CC(CC)c4ncccn4)c(OC)cc3C)c(F)c12. The molecule has 8 heteroatoms. The van der Waals surface area contributed by atoms with Gasteiger partial charge in [0.05, 0.1) is 23.6 Å². The van der Waals surface area contributed by atoms with Gasteiger partial charge in [-0.3, -0.25) is 9.59 Å². The van der Waals surface area contributed by atoms with Crippen LogP contribution in [0.2, 0.25) is 0 Å². The molecule has 214 valence electrons. The van der Waals surface area contributed by atoms with Crippen molar-refractivity contribution in [2.45, 2.75) is 46.0 Å². The molecule has 0 saturated heterocycles. The lowest BCUT2D eigenvalue weighted by atomic mass is 9.90. The first-order valence-corrected chi connectivity index (χ1v) is 13.8. The Balaban J connectivity index is 1.64. The van der Waals surface area contributed by atoms with Gasteiger partial charge in [0.1, 0.15) is 34.6 Å². The normalized spacial score (nSPS) is 12.0. The van der Waals surface area contributed by atoms with Crippen molar-refractivity contribution in [3.05, 3.63) is 101 Å². The number of hydrogen-bond donors (Lipinski definition) is 0. The molecule has 3 aromatic carbocycles. The molecular formula is C34H30F2N2O4. The predicted molar refractivity (Wildman–Crippen MR) is 157 cm³/mol. The fraction of sp³-hybridized carbons (Fsp3) is 0.235. The van der Waals surface area contributed by atoms with Gasteiger partial charge in [0.2, 0.25) is 0 Å². The highest BCUT2D eigenvalue weighted by molar-refractivity contribution is 6.13. The molecule has 5 rings (SSSR count). The van der Waals surface area contributed by atoms with Crippen LogP contribution in [-0.4, -0.2) is 28.6 Å². The van der Waals surface area contributed by atoms with Crippen LogP contribution in [-0.2, 0) is 0 Å². The standard InChI is InChI=1S/C34H30F2N2O4/c1-5-20(34-37-14-7-15-38-34)17-27(40)25-18-24(19(3)16-29(25)41-4)23-12-13-28-31(32(23)36)30(26(39)6-2)33(42-28)21-8-10-22(35)11-9-21/h7-16,18,20H,5-6,17H2,1-4H3. The van der Waals surface area contributed by atoms with Crippen molar-refractivity contribution in [1.29, 1.82) is 0 Å². The fourth-order valence-electron chi connectivity index (χ4n) is 5.24. The van der Waals surface area contributed by atoms with Crippen molar-refractivity contribution in [3.63, 3.8) is 0 Å². The molecule has 2 heterocycles. The summed E-state index contributed by atoms with van der Waals surface area (Å²) in [6, 6.07) is 13.8. The minimum atomic E-state index is -0.641. The van der Waals surface area contributed by atoms with Crippen molar-refractivity contribution >= 4 is 22.5 Å². The van der Waals surface area contributed by atoms with E-state index in [1.807, 2.05) is 6.92 Å². The van der Waals surface area contributed by atoms with Crippen molar-refractivity contribution in [2.24, 2.45) is 0 Å². The number of methoxy groups -OCH3 is 1. The molecule has 0 radical (unpaired) electrons. The first-order chi connectivity index (χ1) is 20.3. The molecule has 0 spiro atoms. The number of benzene rings is 3. The molecule has 0 N–H and O–H groups in total. The van der Waals surface area contributed by atoms with Crippen LogP contribution >= 0.6 is 0 Å². The van der Waals surface area contributed by atoms with Crippen LogP contribution in [0.1, 0.15) is 71.1 Å². The Labute approximate surface area is 242 Å². The molecule has 6 nitrogen and oxygen atoms in total. The van der Waals surface area contributed by atoms with E-state index >= 15 is 4.39 Å². The number of hydrogen-bond acceptors (Lipinski definition) is 6. The van der Waals surface area contributed by atoms with Gasteiger partial charge >= 0.3 is 0 Å². The number of carbonyl (C=O) groups excluding carboxylic acids is 2. The average Bonchev–Trinajstić information content (AvgIpc) is 3.41. The van der Waals surface area contributed by atoms with E-state index in [0.717, 1.165) is 0 Å². The second-order valence-corrected chi connectivity index (χ2v) is 10.1. The molecule has 0 aliphatic rings. The molecule has 1 unspecified atom stereocenters. The number of fused-ring (bicyclic) bond motifs is 1. The van der Waals surface area contributed by atoms with E-state index in [4.69, 9.17) is 9.15 Å². The highest BCUT2D eigenvalue weighted by Gasteiger charge is 2.27. The molecule has 2 aromatic heterocycles. The Hall–Kier alpha value is -4.72. The predicted octanol–water partition coefficient (Wildman–Crippen LogP) is 8.51. The molecule has 0 bridgehead atoms. The fourth-order valence-corrected chi connectivity index (χ4v) is 5.24. The van der Waals surface area contributed by atoms with Crippen molar-refractivity contribution in [1.82, 2.24) is 9.97 Å². The summed E-state index contributed by atoms with van der Waals surface area (Å²) in [6.45, 7) is 5.46. The lowest BCUT2D eigenvalue weighted by Gasteiger charge is -2.17. The largest absolute Gasteiger partial charge is 0.496 e. The smallest absolute Gasteiger partial charge is 0.167 e. The summed E-state index contributed by atoms with van der Waals surface area (Å²) in [4.78, 5) is 35.4. The average molecular weight is 569 g/mol. The number of ketones is 2. The lowest BCUT2D eigenvalue weighted by Crippen LogP contribution is -2.11. The topological polar surface area (TPSA) is 82.3 Å². The quantitative estimate of drug-likeness (QED) is 0.157. The summed E-state index contributed by atoms with van der Waals surface area (Å²) in [6.07, 6.45) is 4.23. The van der Waals surface area contributed by atoms with Gasteiger partial charge in [-0.15, -0.1) is 0 Å². The van der Waals surface area contributed by atoms with Crippen LogP contribution < -0.4 is 4.74 Å². The monoisotopic (exact) mass is 568 g/mol. The first-order valence-electron chi connectivity index (χ1n) is 13.8. The molecule has 42 heavy (non-hydrogen) atoms. The number of aromatic nitrogens is 2. The third kappa shape index (κ3) is 5.32. The van der Waals surface area contributed by atoms with E-state index in [1.54, 1.807) is 56.6 Å². The Morgan fingerprint density at radius 3 is 2.31 bits per heavy atom. The summed E-state index contributed by atoms with van der Waals surface area (Å²) in [5.74, 6) is -0.608. The molecular weight excluding hydrogens is 538 g/mol. The summed E-state index contributed by atoms with van der Waals surface area (Å²) in [5.41, 5.74) is 2.47. The Morgan fingerprint density at radius 2 is 1.67 bits per heavy atom. The Morgan fingerprint density at radius 1 is 0.952 bits per heavy atom. The molecule has 1 atom stereocenters. The molecule has 0 saturated carbocycles. The number of furan rings is 1. The van der Waals surface area contributed by atoms with E-state index in [0.29, 0.717) is 40.2 Å². The van der Waals surface area contributed by atoms with Gasteiger partial charge in [-0.05, 0) is 79.1 Å². The number of halogens is 2. The zero-order chi connectivity index (χ0) is 30.0. The summed E-state index contributed by atoms with van der Waals surface area (Å²) < 4.78 is 41.6. The second-order valence-electron chi connectivity index (χ2n) is 10.1. The van der Waals surface area contributed by atoms with E-state index in [2.05, 4.69) is 9.97 Å². The summed E-state index contributed by atoms with van der Waals surface area (Å²) in [5, 5.41) is 0.0500. The van der Waals surface area contributed by atoms with E-state index in [1.165, 1.54) is 31.4 Å². The van der Waals surface area contributed by atoms with Gasteiger partial charge in [0, 0.05) is 42.3 Å². The van der Waals surface area contributed by atoms with Gasteiger partial charge < -0.3 is 9.15 Å². The van der Waals surface area contributed by atoms with Crippen molar-refractivity contribution < 1.29 is 27.5 Å². The Kier molecular flexibility index (Phi) is 8.24. The van der Waals surface area contributed by atoms with Crippen LogP contribution in [0.25, 0.3) is 33.4 Å². The van der Waals surface area contributed by atoms with Crippen LogP contribution in [0.5, 0.6) is 5.75 Å². The Bertz CT molecular complexity index is 1780. The zero-order valence-corrected chi connectivity index (χ0v) is 23.8. The van der Waals surface area contributed by atoms with E-state index < -0.39 is 11.6 Å².